The van der Waals surface area contributed by atoms with Crippen LogP contribution in [0.1, 0.15) is 5.56 Å². The first-order chi connectivity index (χ1) is 5.22. The van der Waals surface area contributed by atoms with Gasteiger partial charge >= 0.3 is 0 Å². The van der Waals surface area contributed by atoms with Gasteiger partial charge in [-0.2, -0.15) is 0 Å². The highest BCUT2D eigenvalue weighted by atomic mass is 16.3. The van der Waals surface area contributed by atoms with Gasteiger partial charge in [0, 0.05) is 11.8 Å². The molecule has 0 aliphatic carbocycles. The van der Waals surface area contributed by atoms with Gasteiger partial charge in [0.2, 0.25) is 6.41 Å². The Labute approximate surface area is 64.7 Å². The second kappa shape index (κ2) is 3.05. The highest BCUT2D eigenvalue weighted by Crippen LogP contribution is 2.18. The lowest BCUT2D eigenvalue weighted by atomic mass is 10.2. The van der Waals surface area contributed by atoms with Gasteiger partial charge in [-0.15, -0.1) is 0 Å². The van der Waals surface area contributed by atoms with Gasteiger partial charge in [0.05, 0.1) is 0 Å². The molecule has 0 spiro atoms. The first-order valence-corrected chi connectivity index (χ1v) is 3.23. The van der Waals surface area contributed by atoms with Crippen LogP contribution in [0, 0.1) is 6.92 Å². The van der Waals surface area contributed by atoms with Gasteiger partial charge in [0.25, 0.3) is 0 Å². The molecule has 0 heterocycles. The summed E-state index contributed by atoms with van der Waals surface area (Å²) in [7, 11) is 0. The van der Waals surface area contributed by atoms with Crippen LogP contribution < -0.4 is 5.32 Å². The van der Waals surface area contributed by atoms with Crippen LogP contribution in [0.4, 0.5) is 5.69 Å². The fourth-order valence-electron chi connectivity index (χ4n) is 0.914. The fraction of sp³-hybridized carbons (Fsp3) is 0.125. The number of rotatable bonds is 2. The molecule has 0 atom stereocenters. The number of amides is 1. The standard InChI is InChI=1S/C8H9NO2/c1-6-2-7(9-5-10)4-8(11)3-6/h2-5,11H,1H3,(H,9,10). The summed E-state index contributed by atoms with van der Waals surface area (Å²) in [6.07, 6.45) is 0.578. The van der Waals surface area contributed by atoms with E-state index in [1.165, 1.54) is 6.07 Å². The molecule has 0 aliphatic rings. The maximum absolute atomic E-state index is 10.0. The molecule has 0 radical (unpaired) electrons. The van der Waals surface area contributed by atoms with Crippen molar-refractivity contribution in [2.75, 3.05) is 5.32 Å². The molecule has 0 unspecified atom stereocenters. The first-order valence-electron chi connectivity index (χ1n) is 3.23. The lowest BCUT2D eigenvalue weighted by Gasteiger charge is -2.00. The van der Waals surface area contributed by atoms with Gasteiger partial charge in [-0.05, 0) is 24.6 Å². The van der Waals surface area contributed by atoms with E-state index in [4.69, 9.17) is 5.11 Å². The van der Waals surface area contributed by atoms with E-state index in [1.807, 2.05) is 6.92 Å². The first kappa shape index (κ1) is 7.60. The number of carbonyl (C=O) groups excluding carboxylic acids is 1. The number of hydrogen-bond donors (Lipinski definition) is 2. The molecule has 1 aromatic carbocycles. The van der Waals surface area contributed by atoms with Gasteiger partial charge in [-0.3, -0.25) is 4.79 Å². The molecule has 0 bridgehead atoms. The molecule has 0 saturated heterocycles. The van der Waals surface area contributed by atoms with Gasteiger partial charge in [0.1, 0.15) is 5.75 Å². The summed E-state index contributed by atoms with van der Waals surface area (Å²) < 4.78 is 0. The van der Waals surface area contributed by atoms with Gasteiger partial charge in [0.15, 0.2) is 0 Å². The van der Waals surface area contributed by atoms with Crippen molar-refractivity contribution in [2.24, 2.45) is 0 Å². The Morgan fingerprint density at radius 1 is 1.45 bits per heavy atom. The monoisotopic (exact) mass is 151 g/mol. The van der Waals surface area contributed by atoms with Crippen molar-refractivity contribution in [3.63, 3.8) is 0 Å². The molecule has 3 nitrogen and oxygen atoms in total. The lowest BCUT2D eigenvalue weighted by molar-refractivity contribution is -0.105. The van der Waals surface area contributed by atoms with Crippen molar-refractivity contribution in [1.82, 2.24) is 0 Å². The van der Waals surface area contributed by atoms with E-state index >= 15 is 0 Å². The molecule has 1 aromatic rings. The number of carbonyl (C=O) groups is 1. The molecule has 0 aromatic heterocycles. The number of hydrogen-bond acceptors (Lipinski definition) is 2. The molecular formula is C8H9NO2. The van der Waals surface area contributed by atoms with Crippen molar-refractivity contribution in [3.05, 3.63) is 23.8 Å². The van der Waals surface area contributed by atoms with E-state index in [-0.39, 0.29) is 5.75 Å². The van der Waals surface area contributed by atoms with Crippen molar-refractivity contribution >= 4 is 12.1 Å². The van der Waals surface area contributed by atoms with E-state index in [9.17, 15) is 4.79 Å². The Hall–Kier alpha value is -1.51. The van der Waals surface area contributed by atoms with E-state index in [2.05, 4.69) is 5.32 Å². The number of phenols is 1. The number of nitrogens with one attached hydrogen (secondary N) is 1. The SMILES string of the molecule is Cc1cc(O)cc(NC=O)c1. The molecule has 0 saturated carbocycles. The highest BCUT2D eigenvalue weighted by Gasteiger charge is 1.94. The van der Waals surface area contributed by atoms with E-state index in [0.29, 0.717) is 12.1 Å². The van der Waals surface area contributed by atoms with Gasteiger partial charge in [-0.25, -0.2) is 0 Å². The van der Waals surface area contributed by atoms with E-state index in [1.54, 1.807) is 12.1 Å². The zero-order valence-corrected chi connectivity index (χ0v) is 6.16. The topological polar surface area (TPSA) is 49.3 Å². The van der Waals surface area contributed by atoms with Gasteiger partial charge in [-0.1, -0.05) is 0 Å². The third-order valence-corrected chi connectivity index (χ3v) is 1.29. The smallest absolute Gasteiger partial charge is 0.211 e. The predicted molar refractivity (Wildman–Crippen MR) is 42.5 cm³/mol. The molecule has 58 valence electrons. The molecule has 11 heavy (non-hydrogen) atoms. The predicted octanol–water partition coefficient (Wildman–Crippen LogP) is 1.27. The normalized spacial score (nSPS) is 9.18. The van der Waals surface area contributed by atoms with Crippen LogP contribution in [0.2, 0.25) is 0 Å². The van der Waals surface area contributed by atoms with Crippen LogP contribution >= 0.6 is 0 Å². The quantitative estimate of drug-likeness (QED) is 0.625. The third-order valence-electron chi connectivity index (χ3n) is 1.29. The Morgan fingerprint density at radius 2 is 2.18 bits per heavy atom. The summed E-state index contributed by atoms with van der Waals surface area (Å²) in [5, 5.41) is 11.5. The molecule has 1 rings (SSSR count). The summed E-state index contributed by atoms with van der Waals surface area (Å²) in [6.45, 7) is 1.84. The largest absolute Gasteiger partial charge is 0.508 e. The Morgan fingerprint density at radius 3 is 2.73 bits per heavy atom. The summed E-state index contributed by atoms with van der Waals surface area (Å²) in [6, 6.07) is 4.88. The van der Waals surface area contributed by atoms with Crippen molar-refractivity contribution < 1.29 is 9.90 Å². The van der Waals surface area contributed by atoms with Crippen LogP contribution in [0.5, 0.6) is 5.75 Å². The van der Waals surface area contributed by atoms with Crippen LogP contribution in [-0.4, -0.2) is 11.5 Å². The molecule has 2 N–H and O–H groups in total. The summed E-state index contributed by atoms with van der Waals surface area (Å²) in [4.78, 5) is 10.0. The van der Waals surface area contributed by atoms with Crippen LogP contribution in [0.3, 0.4) is 0 Å². The Balaban J connectivity index is 2.98. The minimum Gasteiger partial charge on any atom is -0.508 e. The molecule has 0 aliphatic heterocycles. The molecular weight excluding hydrogens is 142 g/mol. The minimum absolute atomic E-state index is 0.161. The van der Waals surface area contributed by atoms with Crippen molar-refractivity contribution in [2.45, 2.75) is 6.92 Å². The molecule has 1 amide bonds. The van der Waals surface area contributed by atoms with Crippen LogP contribution in [0.25, 0.3) is 0 Å². The molecule has 3 heteroatoms. The van der Waals surface area contributed by atoms with E-state index in [0.717, 1.165) is 5.56 Å². The highest BCUT2D eigenvalue weighted by molar-refractivity contribution is 5.72. The zero-order valence-electron chi connectivity index (χ0n) is 6.16. The zero-order chi connectivity index (χ0) is 8.27. The Kier molecular flexibility index (Phi) is 2.11. The maximum Gasteiger partial charge on any atom is 0.211 e. The summed E-state index contributed by atoms with van der Waals surface area (Å²) in [5.41, 5.74) is 1.52. The minimum atomic E-state index is 0.161. The number of benzene rings is 1. The van der Waals surface area contributed by atoms with Crippen LogP contribution in [0.15, 0.2) is 18.2 Å². The van der Waals surface area contributed by atoms with Crippen LogP contribution in [-0.2, 0) is 4.79 Å². The second-order valence-corrected chi connectivity index (χ2v) is 2.32. The van der Waals surface area contributed by atoms with Gasteiger partial charge < -0.3 is 10.4 Å². The average Bonchev–Trinajstić information content (AvgIpc) is 1.85. The number of anilines is 1. The summed E-state index contributed by atoms with van der Waals surface area (Å²) in [5.74, 6) is 0.161. The van der Waals surface area contributed by atoms with E-state index < -0.39 is 0 Å². The second-order valence-electron chi connectivity index (χ2n) is 2.32. The average molecular weight is 151 g/mol. The molecule has 0 fully saturated rings. The van der Waals surface area contributed by atoms with Crippen molar-refractivity contribution in [3.8, 4) is 5.75 Å². The number of aryl methyl sites for hydroxylation is 1. The van der Waals surface area contributed by atoms with Crippen molar-refractivity contribution in [1.29, 1.82) is 0 Å². The Bertz CT molecular complexity index is 251. The maximum atomic E-state index is 10.0. The lowest BCUT2D eigenvalue weighted by Crippen LogP contribution is -1.93. The number of aromatic hydroxyl groups is 1. The summed E-state index contributed by atoms with van der Waals surface area (Å²) >= 11 is 0. The fourth-order valence-corrected chi connectivity index (χ4v) is 0.914. The third kappa shape index (κ3) is 1.97. The number of phenolic OH excluding ortho intramolecular Hbond substituents is 1.